The Kier molecular flexibility index (Phi) is 6.29. The fraction of sp³-hybridized carbons (Fsp3) is 0.737. The minimum Gasteiger partial charge on any atom is -0.355 e. The molecule has 1 aromatic rings. The van der Waals surface area contributed by atoms with Gasteiger partial charge in [0.1, 0.15) is 0 Å². The zero-order valence-corrected chi connectivity index (χ0v) is 16.0. The first-order valence-electron chi connectivity index (χ1n) is 9.93. The van der Waals surface area contributed by atoms with Crippen LogP contribution in [-0.4, -0.2) is 63.6 Å². The Morgan fingerprint density at radius 1 is 1.19 bits per heavy atom. The number of hydrogen-bond acceptors (Lipinski definition) is 4. The number of aromatic nitrogens is 2. The van der Waals surface area contributed by atoms with Gasteiger partial charge in [-0.3, -0.25) is 19.2 Å². The molecule has 2 aliphatic rings. The van der Waals surface area contributed by atoms with Crippen LogP contribution in [-0.2, 0) is 29.1 Å². The highest BCUT2D eigenvalue weighted by Gasteiger charge is 2.25. The molecule has 1 fully saturated rings. The molecule has 3 heterocycles. The van der Waals surface area contributed by atoms with Gasteiger partial charge in [-0.25, -0.2) is 0 Å². The maximum atomic E-state index is 12.2. The maximum Gasteiger partial charge on any atom is 0.237 e. The molecule has 1 N–H and O–H groups in total. The zero-order chi connectivity index (χ0) is 18.5. The van der Waals surface area contributed by atoms with Gasteiger partial charge in [0.25, 0.3) is 0 Å². The van der Waals surface area contributed by atoms with Crippen LogP contribution in [0.2, 0.25) is 0 Å². The monoisotopic (exact) mass is 361 g/mol. The zero-order valence-electron chi connectivity index (χ0n) is 16.0. The summed E-state index contributed by atoms with van der Waals surface area (Å²) in [5, 5.41) is 7.61. The van der Waals surface area contributed by atoms with Gasteiger partial charge in [0.15, 0.2) is 0 Å². The number of hydrogen-bond donors (Lipinski definition) is 1. The van der Waals surface area contributed by atoms with Gasteiger partial charge in [0, 0.05) is 52.1 Å². The van der Waals surface area contributed by atoms with E-state index in [1.165, 1.54) is 0 Å². The molecule has 0 bridgehead atoms. The van der Waals surface area contributed by atoms with Crippen LogP contribution in [0.5, 0.6) is 0 Å². The van der Waals surface area contributed by atoms with Gasteiger partial charge in [-0.1, -0.05) is 0 Å². The summed E-state index contributed by atoms with van der Waals surface area (Å²) in [5.41, 5.74) is 2.13. The van der Waals surface area contributed by atoms with Crippen molar-refractivity contribution >= 4 is 11.8 Å². The maximum absolute atomic E-state index is 12.2. The number of rotatable bonds is 6. The smallest absolute Gasteiger partial charge is 0.237 e. The van der Waals surface area contributed by atoms with E-state index in [0.29, 0.717) is 19.4 Å². The summed E-state index contributed by atoms with van der Waals surface area (Å²) < 4.78 is 2.06. The molecule has 26 heavy (non-hydrogen) atoms. The largest absolute Gasteiger partial charge is 0.355 e. The SMILES string of the molecule is CCNC(=O)C(C)N1CCCn2nc(CCC(=O)N3CCCC3)cc2C1. The number of nitrogens with one attached hydrogen (secondary N) is 1. The van der Waals surface area contributed by atoms with Crippen molar-refractivity contribution in [3.8, 4) is 0 Å². The predicted octanol–water partition coefficient (Wildman–Crippen LogP) is 1.17. The third kappa shape index (κ3) is 4.44. The number of amides is 2. The standard InChI is InChI=1S/C19H31N5O2/c1-3-20-19(26)15(2)23-11-6-12-24-17(14-23)13-16(21-24)7-8-18(25)22-9-4-5-10-22/h13,15H,3-12,14H2,1-2H3,(H,20,26). The van der Waals surface area contributed by atoms with E-state index in [1.807, 2.05) is 18.7 Å². The van der Waals surface area contributed by atoms with Crippen LogP contribution < -0.4 is 5.32 Å². The number of likely N-dealkylation sites (tertiary alicyclic amines) is 1. The van der Waals surface area contributed by atoms with Crippen LogP contribution in [0, 0.1) is 0 Å². The molecule has 3 rings (SSSR count). The molecule has 0 aliphatic carbocycles. The van der Waals surface area contributed by atoms with Crippen LogP contribution in [0.1, 0.15) is 50.9 Å². The van der Waals surface area contributed by atoms with E-state index in [9.17, 15) is 9.59 Å². The molecule has 0 aromatic carbocycles. The molecule has 7 heteroatoms. The van der Waals surface area contributed by atoms with Gasteiger partial charge in [-0.05, 0) is 39.2 Å². The van der Waals surface area contributed by atoms with Gasteiger partial charge in [-0.15, -0.1) is 0 Å². The highest BCUT2D eigenvalue weighted by atomic mass is 16.2. The summed E-state index contributed by atoms with van der Waals surface area (Å²) in [6.07, 6.45) is 4.47. The number of carbonyl (C=O) groups is 2. The summed E-state index contributed by atoms with van der Waals surface area (Å²) in [5.74, 6) is 0.328. The van der Waals surface area contributed by atoms with E-state index < -0.39 is 0 Å². The Morgan fingerprint density at radius 3 is 2.69 bits per heavy atom. The van der Waals surface area contributed by atoms with E-state index in [2.05, 4.69) is 21.0 Å². The molecule has 1 atom stereocenters. The van der Waals surface area contributed by atoms with Crippen molar-refractivity contribution in [3.05, 3.63) is 17.5 Å². The molecule has 0 spiro atoms. The van der Waals surface area contributed by atoms with Crippen LogP contribution >= 0.6 is 0 Å². The second-order valence-corrected chi connectivity index (χ2v) is 7.33. The minimum absolute atomic E-state index is 0.0805. The highest BCUT2D eigenvalue weighted by molar-refractivity contribution is 5.81. The van der Waals surface area contributed by atoms with Crippen LogP contribution in [0.15, 0.2) is 6.07 Å². The fourth-order valence-electron chi connectivity index (χ4n) is 3.85. The van der Waals surface area contributed by atoms with Gasteiger partial charge in [-0.2, -0.15) is 5.10 Å². The molecule has 2 amide bonds. The topological polar surface area (TPSA) is 70.5 Å². The number of fused-ring (bicyclic) bond motifs is 1. The van der Waals surface area contributed by atoms with Crippen molar-refractivity contribution in [1.82, 2.24) is 24.9 Å². The summed E-state index contributed by atoms with van der Waals surface area (Å²) in [6.45, 7) is 8.87. The molecule has 1 saturated heterocycles. The van der Waals surface area contributed by atoms with Crippen molar-refractivity contribution in [2.24, 2.45) is 0 Å². The predicted molar refractivity (Wildman–Crippen MR) is 99.5 cm³/mol. The second-order valence-electron chi connectivity index (χ2n) is 7.33. The molecule has 144 valence electrons. The van der Waals surface area contributed by atoms with Crippen molar-refractivity contribution in [3.63, 3.8) is 0 Å². The van der Waals surface area contributed by atoms with Crippen LogP contribution in [0.4, 0.5) is 0 Å². The average Bonchev–Trinajstić information content (AvgIpc) is 3.25. The molecule has 0 radical (unpaired) electrons. The first-order valence-corrected chi connectivity index (χ1v) is 9.93. The van der Waals surface area contributed by atoms with E-state index in [4.69, 9.17) is 5.10 Å². The van der Waals surface area contributed by atoms with Crippen LogP contribution in [0.25, 0.3) is 0 Å². The minimum atomic E-state index is -0.142. The quantitative estimate of drug-likeness (QED) is 0.826. The normalized spacial score (nSPS) is 19.1. The number of likely N-dealkylation sites (N-methyl/N-ethyl adjacent to an activating group) is 1. The summed E-state index contributed by atoms with van der Waals surface area (Å²) in [7, 11) is 0. The summed E-state index contributed by atoms with van der Waals surface area (Å²) in [6, 6.07) is 1.97. The van der Waals surface area contributed by atoms with E-state index in [1.54, 1.807) is 0 Å². The van der Waals surface area contributed by atoms with Crippen LogP contribution in [0.3, 0.4) is 0 Å². The number of nitrogens with zero attached hydrogens (tertiary/aromatic N) is 4. The van der Waals surface area contributed by atoms with Gasteiger partial charge >= 0.3 is 0 Å². The third-order valence-electron chi connectivity index (χ3n) is 5.43. The molecular weight excluding hydrogens is 330 g/mol. The summed E-state index contributed by atoms with van der Waals surface area (Å²) in [4.78, 5) is 28.6. The third-order valence-corrected chi connectivity index (χ3v) is 5.43. The number of aryl methyl sites for hydroxylation is 2. The second kappa shape index (κ2) is 8.66. The lowest BCUT2D eigenvalue weighted by Gasteiger charge is -2.26. The average molecular weight is 361 g/mol. The first kappa shape index (κ1) is 18.9. The molecule has 1 aromatic heterocycles. The molecule has 0 saturated carbocycles. The Morgan fingerprint density at radius 2 is 1.96 bits per heavy atom. The molecule has 7 nitrogen and oxygen atoms in total. The lowest BCUT2D eigenvalue weighted by molar-refractivity contribution is -0.130. The first-order chi connectivity index (χ1) is 12.6. The van der Waals surface area contributed by atoms with Crippen molar-refractivity contribution in [1.29, 1.82) is 0 Å². The van der Waals surface area contributed by atoms with E-state index >= 15 is 0 Å². The summed E-state index contributed by atoms with van der Waals surface area (Å²) >= 11 is 0. The Hall–Kier alpha value is -1.89. The lowest BCUT2D eigenvalue weighted by Crippen LogP contribution is -2.44. The highest BCUT2D eigenvalue weighted by Crippen LogP contribution is 2.18. The molecular formula is C19H31N5O2. The van der Waals surface area contributed by atoms with Gasteiger partial charge in [0.2, 0.25) is 11.8 Å². The Bertz CT molecular complexity index is 636. The van der Waals surface area contributed by atoms with E-state index in [0.717, 1.165) is 63.4 Å². The fourth-order valence-corrected chi connectivity index (χ4v) is 3.85. The van der Waals surface area contributed by atoms with Crippen molar-refractivity contribution in [2.45, 2.75) is 65.1 Å². The lowest BCUT2D eigenvalue weighted by atomic mass is 10.2. The van der Waals surface area contributed by atoms with E-state index in [-0.39, 0.29) is 17.9 Å². The van der Waals surface area contributed by atoms with Gasteiger partial charge < -0.3 is 10.2 Å². The van der Waals surface area contributed by atoms with Gasteiger partial charge in [0.05, 0.1) is 17.4 Å². The van der Waals surface area contributed by atoms with Crippen molar-refractivity contribution in [2.75, 3.05) is 26.2 Å². The molecule has 2 aliphatic heterocycles. The Balaban J connectivity index is 1.59. The van der Waals surface area contributed by atoms with Crippen molar-refractivity contribution < 1.29 is 9.59 Å². The molecule has 1 unspecified atom stereocenters. The number of carbonyl (C=O) groups excluding carboxylic acids is 2. The Labute approximate surface area is 155 Å².